The largest absolute Gasteiger partial charge is 0.125 e. The fraction of sp³-hybridized carbons (Fsp3) is 0.455. The molecule has 0 unspecified atom stereocenters. The first-order valence-corrected chi connectivity index (χ1v) is 7.74. The summed E-state index contributed by atoms with van der Waals surface area (Å²) in [7, 11) is 0. The van der Waals surface area contributed by atoms with Gasteiger partial charge in [0.25, 0.3) is 0 Å². The number of hydrogen-bond acceptors (Lipinski definition) is 1. The summed E-state index contributed by atoms with van der Waals surface area (Å²) in [5, 5.41) is 2.64. The van der Waals surface area contributed by atoms with Gasteiger partial charge < -0.3 is 0 Å². The van der Waals surface area contributed by atoms with Crippen molar-refractivity contribution in [1.82, 2.24) is 0 Å². The van der Waals surface area contributed by atoms with E-state index in [4.69, 9.17) is 23.2 Å². The summed E-state index contributed by atoms with van der Waals surface area (Å²) in [6.07, 6.45) is 3.72. The van der Waals surface area contributed by atoms with Crippen LogP contribution in [0.1, 0.15) is 19.3 Å². The van der Waals surface area contributed by atoms with E-state index in [1.54, 1.807) is 11.8 Å². The van der Waals surface area contributed by atoms with Gasteiger partial charge in [0, 0.05) is 15.2 Å². The molecule has 0 aliphatic carbocycles. The first kappa shape index (κ1) is 13.7. The number of benzene rings is 1. The minimum Gasteiger partial charge on any atom is -0.125 e. The molecule has 1 aromatic rings. The Morgan fingerprint density at radius 1 is 1.13 bits per heavy atom. The van der Waals surface area contributed by atoms with Crippen LogP contribution in [0.25, 0.3) is 0 Å². The molecule has 0 heterocycles. The molecule has 0 atom stereocenters. The fourth-order valence-corrected chi connectivity index (χ4v) is 3.04. The molecule has 0 bridgehead atoms. The van der Waals surface area contributed by atoms with Crippen molar-refractivity contribution in [3.8, 4) is 0 Å². The van der Waals surface area contributed by atoms with Gasteiger partial charge in [0.1, 0.15) is 0 Å². The van der Waals surface area contributed by atoms with E-state index in [2.05, 4.69) is 15.9 Å². The van der Waals surface area contributed by atoms with Gasteiger partial charge in [-0.3, -0.25) is 0 Å². The molecule has 0 aromatic heterocycles. The molecule has 1 rings (SSSR count). The third-order valence-electron chi connectivity index (χ3n) is 1.93. The summed E-state index contributed by atoms with van der Waals surface area (Å²) in [6.45, 7) is 0. The Bertz CT molecular complexity index is 305. The van der Waals surface area contributed by atoms with Crippen LogP contribution in [0.3, 0.4) is 0 Å². The Balaban J connectivity index is 2.33. The van der Waals surface area contributed by atoms with Crippen molar-refractivity contribution in [2.75, 3.05) is 11.1 Å². The lowest BCUT2D eigenvalue weighted by atomic mass is 10.3. The van der Waals surface area contributed by atoms with E-state index >= 15 is 0 Å². The van der Waals surface area contributed by atoms with Gasteiger partial charge in [-0.15, -0.1) is 11.8 Å². The molecule has 0 amide bonds. The summed E-state index contributed by atoms with van der Waals surface area (Å²) < 4.78 is 0. The predicted molar refractivity (Wildman–Crippen MR) is 74.8 cm³/mol. The first-order valence-electron chi connectivity index (χ1n) is 4.88. The van der Waals surface area contributed by atoms with Crippen molar-refractivity contribution in [1.29, 1.82) is 0 Å². The minimum atomic E-state index is 0.752. The van der Waals surface area contributed by atoms with E-state index in [1.165, 1.54) is 19.3 Å². The number of unbranched alkanes of at least 4 members (excludes halogenated alkanes) is 2. The van der Waals surface area contributed by atoms with Gasteiger partial charge in [-0.1, -0.05) is 45.6 Å². The predicted octanol–water partition coefficient (Wildman–Crippen LogP) is 5.65. The first-order chi connectivity index (χ1) is 7.24. The molecule has 0 aliphatic rings. The number of rotatable bonds is 6. The molecule has 0 saturated heterocycles. The van der Waals surface area contributed by atoms with E-state index < -0.39 is 0 Å². The maximum atomic E-state index is 6.05. The molecule has 0 nitrogen and oxygen atoms in total. The van der Waals surface area contributed by atoms with Gasteiger partial charge in [0.2, 0.25) is 0 Å². The summed E-state index contributed by atoms with van der Waals surface area (Å²) >= 11 is 17.2. The standard InChI is InChI=1S/C11H13BrCl2S/c12-6-2-1-3-7-15-11-8-9(13)4-5-10(11)14/h4-5,8H,1-3,6-7H2. The van der Waals surface area contributed by atoms with Crippen LogP contribution < -0.4 is 0 Å². The van der Waals surface area contributed by atoms with E-state index in [-0.39, 0.29) is 0 Å². The lowest BCUT2D eigenvalue weighted by Gasteiger charge is -2.04. The van der Waals surface area contributed by atoms with Crippen LogP contribution in [0, 0.1) is 0 Å². The zero-order valence-corrected chi connectivity index (χ0v) is 12.2. The van der Waals surface area contributed by atoms with Crippen LogP contribution in [0.2, 0.25) is 10.0 Å². The molecule has 0 spiro atoms. The SMILES string of the molecule is Clc1ccc(Cl)c(SCCCCCBr)c1. The molecule has 0 N–H and O–H groups in total. The fourth-order valence-electron chi connectivity index (χ4n) is 1.14. The molecular weight excluding hydrogens is 315 g/mol. The van der Waals surface area contributed by atoms with Crippen LogP contribution >= 0.6 is 50.9 Å². The maximum absolute atomic E-state index is 6.05. The van der Waals surface area contributed by atoms with Gasteiger partial charge >= 0.3 is 0 Å². The van der Waals surface area contributed by atoms with Crippen LogP contribution in [0.5, 0.6) is 0 Å². The second kappa shape index (κ2) is 7.83. The van der Waals surface area contributed by atoms with Gasteiger partial charge in [-0.05, 0) is 36.8 Å². The van der Waals surface area contributed by atoms with Crippen molar-refractivity contribution in [2.45, 2.75) is 24.2 Å². The molecule has 0 fully saturated rings. The van der Waals surface area contributed by atoms with E-state index in [1.807, 2.05) is 18.2 Å². The smallest absolute Gasteiger partial charge is 0.0542 e. The third kappa shape index (κ3) is 5.48. The second-order valence-electron chi connectivity index (χ2n) is 3.17. The Labute approximate surface area is 114 Å². The highest BCUT2D eigenvalue weighted by Gasteiger charge is 2.01. The molecule has 15 heavy (non-hydrogen) atoms. The average Bonchev–Trinajstić information content (AvgIpc) is 2.23. The Morgan fingerprint density at radius 2 is 1.93 bits per heavy atom. The maximum Gasteiger partial charge on any atom is 0.0542 e. The molecule has 0 radical (unpaired) electrons. The second-order valence-corrected chi connectivity index (χ2v) is 5.95. The highest BCUT2D eigenvalue weighted by atomic mass is 79.9. The van der Waals surface area contributed by atoms with E-state index in [0.717, 1.165) is 26.0 Å². The monoisotopic (exact) mass is 326 g/mol. The lowest BCUT2D eigenvalue weighted by Crippen LogP contribution is -1.83. The summed E-state index contributed by atoms with van der Waals surface area (Å²) in [4.78, 5) is 1.09. The van der Waals surface area contributed by atoms with Crippen LogP contribution in [0.15, 0.2) is 23.1 Å². The highest BCUT2D eigenvalue weighted by molar-refractivity contribution is 9.09. The molecule has 0 saturated carbocycles. The Morgan fingerprint density at radius 3 is 2.67 bits per heavy atom. The zero-order valence-electron chi connectivity index (χ0n) is 8.31. The lowest BCUT2D eigenvalue weighted by molar-refractivity contribution is 0.788. The molecule has 84 valence electrons. The average molecular weight is 328 g/mol. The highest BCUT2D eigenvalue weighted by Crippen LogP contribution is 2.30. The molecular formula is C11H13BrCl2S. The van der Waals surface area contributed by atoms with Crippen molar-refractivity contribution in [3.05, 3.63) is 28.2 Å². The minimum absolute atomic E-state index is 0.752. The normalized spacial score (nSPS) is 10.6. The van der Waals surface area contributed by atoms with Crippen molar-refractivity contribution >= 4 is 50.9 Å². The third-order valence-corrected chi connectivity index (χ3v) is 4.31. The molecule has 4 heteroatoms. The summed E-state index contributed by atoms with van der Waals surface area (Å²) in [6, 6.07) is 5.60. The van der Waals surface area contributed by atoms with Crippen LogP contribution in [-0.4, -0.2) is 11.1 Å². The van der Waals surface area contributed by atoms with Gasteiger partial charge in [0.15, 0.2) is 0 Å². The topological polar surface area (TPSA) is 0 Å². The van der Waals surface area contributed by atoms with Crippen molar-refractivity contribution < 1.29 is 0 Å². The Hall–Kier alpha value is 0.630. The van der Waals surface area contributed by atoms with Crippen molar-refractivity contribution in [2.24, 2.45) is 0 Å². The quantitative estimate of drug-likeness (QED) is 0.369. The van der Waals surface area contributed by atoms with E-state index in [0.29, 0.717) is 0 Å². The van der Waals surface area contributed by atoms with Crippen LogP contribution in [0.4, 0.5) is 0 Å². The number of halogens is 3. The van der Waals surface area contributed by atoms with E-state index in [9.17, 15) is 0 Å². The van der Waals surface area contributed by atoms with Gasteiger partial charge in [-0.25, -0.2) is 0 Å². The Kier molecular flexibility index (Phi) is 7.15. The van der Waals surface area contributed by atoms with Gasteiger partial charge in [0.05, 0.1) is 5.02 Å². The van der Waals surface area contributed by atoms with Gasteiger partial charge in [-0.2, -0.15) is 0 Å². The number of alkyl halides is 1. The number of hydrogen-bond donors (Lipinski definition) is 0. The van der Waals surface area contributed by atoms with Crippen molar-refractivity contribution in [3.63, 3.8) is 0 Å². The zero-order chi connectivity index (χ0) is 11.1. The summed E-state index contributed by atoms with van der Waals surface area (Å²) in [5.74, 6) is 1.10. The molecule has 1 aromatic carbocycles. The number of thioether (sulfide) groups is 1. The molecule has 0 aliphatic heterocycles. The summed E-state index contributed by atoms with van der Waals surface area (Å²) in [5.41, 5.74) is 0. The van der Waals surface area contributed by atoms with Crippen LogP contribution in [-0.2, 0) is 0 Å².